The zero-order valence-corrected chi connectivity index (χ0v) is 23.8. The van der Waals surface area contributed by atoms with E-state index < -0.39 is 11.4 Å². The molecule has 36 heavy (non-hydrogen) atoms. The predicted molar refractivity (Wildman–Crippen MR) is 147 cm³/mol. The number of nitrogens with zero attached hydrogens (tertiary/aromatic N) is 1. The number of halogens is 1. The van der Waals surface area contributed by atoms with Crippen molar-refractivity contribution in [3.63, 3.8) is 0 Å². The Bertz CT molecular complexity index is 1160. The van der Waals surface area contributed by atoms with Gasteiger partial charge in [0.1, 0.15) is 6.61 Å². The Kier molecular flexibility index (Phi) is 7.95. The fourth-order valence-corrected chi connectivity index (χ4v) is 7.44. The molecule has 2 aliphatic carbocycles. The number of amides is 1. The number of nitrogens with one attached hydrogen (secondary N) is 1. The van der Waals surface area contributed by atoms with Crippen molar-refractivity contribution >= 4 is 44.9 Å². The van der Waals surface area contributed by atoms with Gasteiger partial charge in [-0.2, -0.15) is 0 Å². The molecule has 8 heteroatoms. The summed E-state index contributed by atoms with van der Waals surface area (Å²) in [5, 5.41) is 19.6. The van der Waals surface area contributed by atoms with Gasteiger partial charge < -0.3 is 15.3 Å². The van der Waals surface area contributed by atoms with Gasteiger partial charge in [-0.25, -0.2) is 0 Å². The van der Waals surface area contributed by atoms with Crippen molar-refractivity contribution in [2.45, 2.75) is 71.1 Å². The van der Waals surface area contributed by atoms with Crippen LogP contribution in [0.1, 0.15) is 92.1 Å². The number of carbonyl (C=O) groups is 2. The number of oxime groups is 1. The highest BCUT2D eigenvalue weighted by atomic mass is 79.9. The Morgan fingerprint density at radius 3 is 2.75 bits per heavy atom. The molecule has 3 atom stereocenters. The third-order valence-corrected chi connectivity index (χ3v) is 9.67. The molecule has 0 unspecified atom stereocenters. The Labute approximate surface area is 225 Å². The highest BCUT2D eigenvalue weighted by molar-refractivity contribution is 9.10. The van der Waals surface area contributed by atoms with Crippen LogP contribution in [-0.4, -0.2) is 35.8 Å². The molecule has 194 valence electrons. The summed E-state index contributed by atoms with van der Waals surface area (Å²) in [6.45, 7) is 9.33. The fraction of sp³-hybridized carbons (Fsp3) is 0.536. The van der Waals surface area contributed by atoms with Gasteiger partial charge in [0.2, 0.25) is 0 Å². The highest BCUT2D eigenvalue weighted by Crippen LogP contribution is 2.58. The molecule has 1 fully saturated rings. The number of aliphatic carboxylic acids is 1. The molecule has 2 aliphatic rings. The van der Waals surface area contributed by atoms with Crippen molar-refractivity contribution in [3.05, 3.63) is 55.7 Å². The van der Waals surface area contributed by atoms with E-state index >= 15 is 0 Å². The van der Waals surface area contributed by atoms with E-state index in [0.29, 0.717) is 43.2 Å². The first kappa shape index (κ1) is 26.9. The second kappa shape index (κ2) is 10.7. The predicted octanol–water partition coefficient (Wildman–Crippen LogP) is 6.73. The quantitative estimate of drug-likeness (QED) is 0.270. The van der Waals surface area contributed by atoms with Gasteiger partial charge in [0.15, 0.2) is 0 Å². The lowest BCUT2D eigenvalue weighted by Gasteiger charge is -2.53. The molecule has 1 aromatic carbocycles. The van der Waals surface area contributed by atoms with Crippen LogP contribution in [-0.2, 0) is 15.0 Å². The number of hydrogen-bond acceptors (Lipinski definition) is 5. The van der Waals surface area contributed by atoms with E-state index in [9.17, 15) is 14.7 Å². The summed E-state index contributed by atoms with van der Waals surface area (Å²) in [5.41, 5.74) is 3.19. The summed E-state index contributed by atoms with van der Waals surface area (Å²) in [7, 11) is 0. The van der Waals surface area contributed by atoms with E-state index in [-0.39, 0.29) is 17.2 Å². The molecular formula is C28H35BrN2O4S. The van der Waals surface area contributed by atoms with Gasteiger partial charge in [0.25, 0.3) is 5.91 Å². The minimum atomic E-state index is -0.819. The number of benzene rings is 1. The van der Waals surface area contributed by atoms with Crippen molar-refractivity contribution < 1.29 is 19.5 Å². The van der Waals surface area contributed by atoms with E-state index in [4.69, 9.17) is 4.84 Å². The normalized spacial score (nSPS) is 26.4. The Hall–Kier alpha value is -2.19. The van der Waals surface area contributed by atoms with E-state index in [2.05, 4.69) is 59.3 Å². The SMILES string of the molecule is CC(C)c1cc2c(cc1Br)[C@@]1(C)CCC[C@@](C)(C(=O)O)[C@@H]1C/C2=N\OCCCNC(=O)c1cccs1. The molecule has 0 radical (unpaired) electrons. The molecule has 0 aliphatic heterocycles. The number of hydrogen-bond donors (Lipinski definition) is 2. The average Bonchev–Trinajstić information content (AvgIpc) is 3.37. The topological polar surface area (TPSA) is 88.0 Å². The molecule has 1 aromatic heterocycles. The lowest BCUT2D eigenvalue weighted by molar-refractivity contribution is -0.156. The number of rotatable bonds is 8. The number of fused-ring (bicyclic) bond motifs is 3. The van der Waals surface area contributed by atoms with Crippen molar-refractivity contribution in [1.82, 2.24) is 5.32 Å². The van der Waals surface area contributed by atoms with E-state index in [1.54, 1.807) is 6.07 Å². The van der Waals surface area contributed by atoms with Crippen LogP contribution in [0, 0.1) is 11.3 Å². The molecule has 4 rings (SSSR count). The monoisotopic (exact) mass is 574 g/mol. The molecule has 0 bridgehead atoms. The summed E-state index contributed by atoms with van der Waals surface area (Å²) < 4.78 is 1.06. The van der Waals surface area contributed by atoms with E-state index in [1.165, 1.54) is 16.9 Å². The van der Waals surface area contributed by atoms with Crippen LogP contribution in [0.25, 0.3) is 0 Å². The van der Waals surface area contributed by atoms with Gasteiger partial charge >= 0.3 is 5.97 Å². The van der Waals surface area contributed by atoms with Crippen LogP contribution in [0.4, 0.5) is 0 Å². The van der Waals surface area contributed by atoms with Crippen LogP contribution in [0.3, 0.4) is 0 Å². The maximum atomic E-state index is 12.5. The van der Waals surface area contributed by atoms with Gasteiger partial charge in [-0.05, 0) is 78.1 Å². The van der Waals surface area contributed by atoms with Crippen LogP contribution in [0.2, 0.25) is 0 Å². The Morgan fingerprint density at radius 2 is 2.08 bits per heavy atom. The second-order valence-corrected chi connectivity index (χ2v) is 12.6. The molecule has 1 amide bonds. The number of carboxylic acids is 1. The number of carbonyl (C=O) groups excluding carboxylic acids is 1. The smallest absolute Gasteiger partial charge is 0.309 e. The third kappa shape index (κ3) is 4.99. The zero-order chi connectivity index (χ0) is 26.1. The first-order chi connectivity index (χ1) is 17.1. The first-order valence-corrected chi connectivity index (χ1v) is 14.3. The van der Waals surface area contributed by atoms with Crippen LogP contribution in [0.5, 0.6) is 0 Å². The molecule has 6 nitrogen and oxygen atoms in total. The molecule has 0 spiro atoms. The van der Waals surface area contributed by atoms with E-state index in [1.807, 2.05) is 18.4 Å². The van der Waals surface area contributed by atoms with E-state index in [0.717, 1.165) is 34.2 Å². The lowest BCUT2D eigenvalue weighted by atomic mass is 9.49. The number of carboxylic acid groups (broad SMARTS) is 1. The molecule has 1 saturated carbocycles. The van der Waals surface area contributed by atoms with Crippen LogP contribution in [0.15, 0.2) is 39.3 Å². The summed E-state index contributed by atoms with van der Waals surface area (Å²) in [6.07, 6.45) is 3.71. The average molecular weight is 576 g/mol. The molecule has 0 saturated heterocycles. The summed E-state index contributed by atoms with van der Waals surface area (Å²) in [4.78, 5) is 31.0. The van der Waals surface area contributed by atoms with Gasteiger partial charge in [0, 0.05) is 23.0 Å². The summed E-state index contributed by atoms with van der Waals surface area (Å²) >= 11 is 5.20. The summed E-state index contributed by atoms with van der Waals surface area (Å²) in [5.74, 6) is -0.552. The largest absolute Gasteiger partial charge is 0.481 e. The van der Waals surface area contributed by atoms with Gasteiger partial charge in [-0.15, -0.1) is 11.3 Å². The first-order valence-electron chi connectivity index (χ1n) is 12.7. The van der Waals surface area contributed by atoms with Crippen LogP contribution < -0.4 is 5.32 Å². The van der Waals surface area contributed by atoms with Gasteiger partial charge in [-0.3, -0.25) is 9.59 Å². The molecule has 2 N–H and O–H groups in total. The van der Waals surface area contributed by atoms with Crippen molar-refractivity contribution in [3.8, 4) is 0 Å². The Morgan fingerprint density at radius 1 is 1.31 bits per heavy atom. The molecular weight excluding hydrogens is 540 g/mol. The van der Waals surface area contributed by atoms with Crippen molar-refractivity contribution in [1.29, 1.82) is 0 Å². The third-order valence-electron chi connectivity index (χ3n) is 8.12. The van der Waals surface area contributed by atoms with Gasteiger partial charge in [0.05, 0.1) is 16.0 Å². The zero-order valence-electron chi connectivity index (χ0n) is 21.4. The van der Waals surface area contributed by atoms with Gasteiger partial charge in [-0.1, -0.05) is 54.3 Å². The summed E-state index contributed by atoms with van der Waals surface area (Å²) in [6, 6.07) is 8.06. The standard InChI is InChI=1S/C28H35BrN2O4S/c1-17(2)18-14-19-20(15-21(18)29)27(3)9-6-10-28(4,26(33)34)24(27)16-22(19)31-35-12-7-11-30-25(32)23-8-5-13-36-23/h5,8,13-15,17,24H,6-7,9-12,16H2,1-4H3,(H,30,32)(H,33,34)/b31-22+/t24-,27-,28-/m1/s1. The van der Waals surface area contributed by atoms with Crippen molar-refractivity contribution in [2.75, 3.05) is 13.2 Å². The molecule has 1 heterocycles. The lowest BCUT2D eigenvalue weighted by Crippen LogP contribution is -2.53. The Balaban J connectivity index is 1.57. The number of thiophene rings is 1. The second-order valence-electron chi connectivity index (χ2n) is 10.8. The highest BCUT2D eigenvalue weighted by Gasteiger charge is 2.56. The molecule has 2 aromatic rings. The maximum absolute atomic E-state index is 12.5. The minimum Gasteiger partial charge on any atom is -0.481 e. The fourth-order valence-electron chi connectivity index (χ4n) is 5.99. The van der Waals surface area contributed by atoms with Crippen LogP contribution >= 0.6 is 27.3 Å². The van der Waals surface area contributed by atoms with Crippen molar-refractivity contribution in [2.24, 2.45) is 16.5 Å². The minimum absolute atomic E-state index is 0.0751. The maximum Gasteiger partial charge on any atom is 0.309 e.